The fourth-order valence-electron chi connectivity index (χ4n) is 2.16. The van der Waals surface area contributed by atoms with E-state index in [-0.39, 0.29) is 11.8 Å². The molecule has 1 atom stereocenters. The first kappa shape index (κ1) is 15.4. The van der Waals surface area contributed by atoms with E-state index < -0.39 is 6.10 Å². The molecule has 1 aliphatic heterocycles. The molecule has 0 spiro atoms. The molecule has 5 nitrogen and oxygen atoms in total. The maximum Gasteiger partial charge on any atom is 0.265 e. The van der Waals surface area contributed by atoms with Gasteiger partial charge in [-0.2, -0.15) is 0 Å². The van der Waals surface area contributed by atoms with Gasteiger partial charge in [-0.3, -0.25) is 9.59 Å². The summed E-state index contributed by atoms with van der Waals surface area (Å²) in [4.78, 5) is 24.6. The van der Waals surface area contributed by atoms with E-state index in [1.165, 1.54) is 11.8 Å². The number of thioether (sulfide) groups is 1. The van der Waals surface area contributed by atoms with Gasteiger partial charge < -0.3 is 15.4 Å². The van der Waals surface area contributed by atoms with Crippen LogP contribution in [0.25, 0.3) is 0 Å². The quantitative estimate of drug-likeness (QED) is 0.905. The van der Waals surface area contributed by atoms with Crippen LogP contribution in [-0.2, 0) is 9.59 Å². The fourth-order valence-corrected chi connectivity index (χ4v) is 2.95. The van der Waals surface area contributed by atoms with Gasteiger partial charge in [0.1, 0.15) is 5.75 Å². The predicted octanol–water partition coefficient (Wildman–Crippen LogP) is 3.14. The third kappa shape index (κ3) is 3.84. The Hall–Kier alpha value is -2.47. The largest absolute Gasteiger partial charge is 0.481 e. The molecule has 1 heterocycles. The molecule has 0 aliphatic carbocycles. The fraction of sp³-hybridized carbons (Fsp3) is 0.176. The first-order chi connectivity index (χ1) is 11.1. The van der Waals surface area contributed by atoms with Crippen LogP contribution in [0.3, 0.4) is 0 Å². The molecular formula is C17H16N2O3S. The van der Waals surface area contributed by atoms with Gasteiger partial charge in [0.15, 0.2) is 6.10 Å². The van der Waals surface area contributed by atoms with Gasteiger partial charge in [0.05, 0.1) is 11.4 Å². The minimum Gasteiger partial charge on any atom is -0.481 e. The minimum atomic E-state index is -0.627. The second-order valence-electron chi connectivity index (χ2n) is 5.11. The number of ether oxygens (including phenoxy) is 1. The molecule has 0 aromatic heterocycles. The van der Waals surface area contributed by atoms with E-state index in [4.69, 9.17) is 4.74 Å². The number of fused-ring (bicyclic) bond motifs is 1. The Morgan fingerprint density at radius 1 is 1.26 bits per heavy atom. The number of hydrogen-bond donors (Lipinski definition) is 2. The Morgan fingerprint density at radius 2 is 2.04 bits per heavy atom. The molecule has 118 valence electrons. The van der Waals surface area contributed by atoms with Crippen LogP contribution in [0.2, 0.25) is 0 Å². The Morgan fingerprint density at radius 3 is 2.83 bits per heavy atom. The van der Waals surface area contributed by atoms with Gasteiger partial charge in [0.25, 0.3) is 5.91 Å². The van der Waals surface area contributed by atoms with Crippen molar-refractivity contribution < 1.29 is 14.3 Å². The van der Waals surface area contributed by atoms with E-state index in [1.807, 2.05) is 30.3 Å². The summed E-state index contributed by atoms with van der Waals surface area (Å²) in [5, 5.41) is 5.60. The van der Waals surface area contributed by atoms with Crippen molar-refractivity contribution in [1.29, 1.82) is 0 Å². The molecule has 1 unspecified atom stereocenters. The standard InChI is InChI=1S/C17H16N2O3S/c1-11(22-13-5-3-2-4-6-13)17(21)18-12-7-8-15-14(9-12)19-16(20)10-23-15/h2-9,11H,10H2,1H3,(H,18,21)(H,19,20). The summed E-state index contributed by atoms with van der Waals surface area (Å²) in [7, 11) is 0. The predicted molar refractivity (Wildman–Crippen MR) is 91.0 cm³/mol. The van der Waals surface area contributed by atoms with E-state index in [0.29, 0.717) is 17.2 Å². The monoisotopic (exact) mass is 328 g/mol. The maximum atomic E-state index is 12.2. The third-order valence-corrected chi connectivity index (χ3v) is 4.38. The van der Waals surface area contributed by atoms with Gasteiger partial charge >= 0.3 is 0 Å². The highest BCUT2D eigenvalue weighted by atomic mass is 32.2. The van der Waals surface area contributed by atoms with Gasteiger partial charge in [-0.05, 0) is 37.3 Å². The van der Waals surface area contributed by atoms with Crippen LogP contribution in [0.1, 0.15) is 6.92 Å². The molecular weight excluding hydrogens is 312 g/mol. The van der Waals surface area contributed by atoms with Crippen LogP contribution in [-0.4, -0.2) is 23.7 Å². The molecule has 2 amide bonds. The van der Waals surface area contributed by atoms with Crippen LogP contribution in [0.5, 0.6) is 5.75 Å². The Balaban J connectivity index is 1.65. The van der Waals surface area contributed by atoms with Crippen LogP contribution in [0, 0.1) is 0 Å². The summed E-state index contributed by atoms with van der Waals surface area (Å²) in [6, 6.07) is 14.6. The molecule has 0 saturated carbocycles. The van der Waals surface area contributed by atoms with Crippen molar-refractivity contribution in [3.63, 3.8) is 0 Å². The summed E-state index contributed by atoms with van der Waals surface area (Å²) in [6.07, 6.45) is -0.627. The maximum absolute atomic E-state index is 12.2. The number of nitrogens with one attached hydrogen (secondary N) is 2. The number of rotatable bonds is 4. The minimum absolute atomic E-state index is 0.0354. The van der Waals surface area contributed by atoms with Crippen LogP contribution in [0.15, 0.2) is 53.4 Å². The highest BCUT2D eigenvalue weighted by Gasteiger charge is 2.18. The second kappa shape index (κ2) is 6.75. The van der Waals surface area contributed by atoms with Crippen LogP contribution in [0.4, 0.5) is 11.4 Å². The van der Waals surface area contributed by atoms with Crippen molar-refractivity contribution in [3.8, 4) is 5.75 Å². The number of amides is 2. The van der Waals surface area contributed by atoms with Gasteiger partial charge in [0.2, 0.25) is 5.91 Å². The van der Waals surface area contributed by atoms with E-state index in [2.05, 4.69) is 10.6 Å². The molecule has 0 bridgehead atoms. The highest BCUT2D eigenvalue weighted by Crippen LogP contribution is 2.33. The molecule has 0 fully saturated rings. The topological polar surface area (TPSA) is 67.4 Å². The molecule has 1 aliphatic rings. The lowest BCUT2D eigenvalue weighted by atomic mass is 10.2. The van der Waals surface area contributed by atoms with E-state index in [0.717, 1.165) is 10.6 Å². The van der Waals surface area contributed by atoms with Crippen molar-refractivity contribution in [2.45, 2.75) is 17.9 Å². The number of carbonyl (C=O) groups is 2. The summed E-state index contributed by atoms with van der Waals surface area (Å²) in [6.45, 7) is 1.69. The Labute approximate surface area is 138 Å². The second-order valence-corrected chi connectivity index (χ2v) is 6.13. The molecule has 2 aromatic carbocycles. The molecule has 0 saturated heterocycles. The third-order valence-electron chi connectivity index (χ3n) is 3.31. The molecule has 2 aromatic rings. The van der Waals surface area contributed by atoms with Crippen molar-refractivity contribution in [1.82, 2.24) is 0 Å². The van der Waals surface area contributed by atoms with Gasteiger partial charge in [-0.15, -0.1) is 11.8 Å². The Kier molecular flexibility index (Phi) is 4.52. The SMILES string of the molecule is CC(Oc1ccccc1)C(=O)Nc1ccc2c(c1)NC(=O)CS2. The number of carbonyl (C=O) groups excluding carboxylic acids is 2. The highest BCUT2D eigenvalue weighted by molar-refractivity contribution is 8.00. The van der Waals surface area contributed by atoms with Gasteiger partial charge in [-0.25, -0.2) is 0 Å². The summed E-state index contributed by atoms with van der Waals surface area (Å²) < 4.78 is 5.59. The van der Waals surface area contributed by atoms with Crippen molar-refractivity contribution in [2.24, 2.45) is 0 Å². The van der Waals surface area contributed by atoms with Crippen LogP contribution >= 0.6 is 11.8 Å². The van der Waals surface area contributed by atoms with Gasteiger partial charge in [-0.1, -0.05) is 18.2 Å². The zero-order valence-electron chi connectivity index (χ0n) is 12.5. The smallest absolute Gasteiger partial charge is 0.265 e. The first-order valence-electron chi connectivity index (χ1n) is 7.21. The van der Waals surface area contributed by atoms with E-state index in [9.17, 15) is 9.59 Å². The zero-order valence-corrected chi connectivity index (χ0v) is 13.4. The number of hydrogen-bond acceptors (Lipinski definition) is 4. The Bertz CT molecular complexity index is 734. The normalized spacial score (nSPS) is 14.4. The molecule has 2 N–H and O–H groups in total. The molecule has 3 rings (SSSR count). The van der Waals surface area contributed by atoms with E-state index in [1.54, 1.807) is 25.1 Å². The average molecular weight is 328 g/mol. The summed E-state index contributed by atoms with van der Waals surface area (Å²) in [5.41, 5.74) is 1.35. The van der Waals surface area contributed by atoms with Gasteiger partial charge in [0, 0.05) is 10.6 Å². The van der Waals surface area contributed by atoms with Crippen molar-refractivity contribution in [2.75, 3.05) is 16.4 Å². The van der Waals surface area contributed by atoms with Crippen molar-refractivity contribution >= 4 is 35.0 Å². The number of benzene rings is 2. The zero-order chi connectivity index (χ0) is 16.2. The lowest BCUT2D eigenvalue weighted by molar-refractivity contribution is -0.122. The first-order valence-corrected chi connectivity index (χ1v) is 8.19. The van der Waals surface area contributed by atoms with Crippen LogP contribution < -0.4 is 15.4 Å². The number of para-hydroxylation sites is 1. The van der Waals surface area contributed by atoms with E-state index >= 15 is 0 Å². The lowest BCUT2D eigenvalue weighted by Crippen LogP contribution is -2.30. The summed E-state index contributed by atoms with van der Waals surface area (Å²) >= 11 is 1.48. The average Bonchev–Trinajstić information content (AvgIpc) is 2.55. The molecule has 0 radical (unpaired) electrons. The lowest BCUT2D eigenvalue weighted by Gasteiger charge is -2.18. The number of anilines is 2. The van der Waals surface area contributed by atoms with Crippen molar-refractivity contribution in [3.05, 3.63) is 48.5 Å². The molecule has 23 heavy (non-hydrogen) atoms. The molecule has 6 heteroatoms. The summed E-state index contributed by atoms with van der Waals surface area (Å²) in [5.74, 6) is 0.778.